The van der Waals surface area contributed by atoms with Gasteiger partial charge in [0.2, 0.25) is 0 Å². The van der Waals surface area contributed by atoms with E-state index in [4.69, 9.17) is 8.83 Å². The zero-order chi connectivity index (χ0) is 41.9. The lowest BCUT2D eigenvalue weighted by molar-refractivity contribution is 0.548. The van der Waals surface area contributed by atoms with Crippen LogP contribution in [0.25, 0.3) is 101 Å². The second-order valence-electron chi connectivity index (χ2n) is 17.7. The lowest BCUT2D eigenvalue weighted by Gasteiger charge is -2.24. The van der Waals surface area contributed by atoms with E-state index >= 15 is 0 Å². The normalized spacial score (nSPS) is 15.6. The highest BCUT2D eigenvalue weighted by atomic mass is 16.3. The van der Waals surface area contributed by atoms with Gasteiger partial charge in [-0.25, -0.2) is 0 Å². The van der Waals surface area contributed by atoms with Crippen LogP contribution in [0.2, 0.25) is 0 Å². The first-order valence-electron chi connectivity index (χ1n) is 22.7. The Hall–Kier alpha value is -7.82. The zero-order valence-electron chi connectivity index (χ0n) is 35.2. The molecule has 1 unspecified atom stereocenters. The number of rotatable bonds is 5. The Kier molecular flexibility index (Phi) is 7.73. The molecule has 304 valence electrons. The molecule has 0 N–H and O–H groups in total. The largest absolute Gasteiger partial charge is 0.460 e. The highest BCUT2D eigenvalue weighted by Crippen LogP contribution is 2.48. The van der Waals surface area contributed by atoms with Crippen molar-refractivity contribution in [3.05, 3.63) is 215 Å². The van der Waals surface area contributed by atoms with Gasteiger partial charge in [-0.15, -0.1) is 0 Å². The molecule has 0 fully saturated rings. The Balaban J connectivity index is 0.985. The number of hydrogen-bond donors (Lipinski definition) is 0. The molecule has 7 aromatic carbocycles. The first-order chi connectivity index (χ1) is 31.7. The van der Waals surface area contributed by atoms with Crippen molar-refractivity contribution in [1.29, 1.82) is 0 Å². The van der Waals surface area contributed by atoms with Crippen LogP contribution in [0.3, 0.4) is 0 Å². The SMILES string of the molecule is C1=Cc2oc3ccc(-c4ccc5c(c4)c4c(n5-c5ccccc5)C(c5cccc6c5c5cc(C7=Cc8c(oc9ccccc89)CC7)ccc5n6-c5ccccc5)CC=C4)cc3c2CC1. The average molecular weight is 823 g/mol. The Morgan fingerprint density at radius 3 is 2.06 bits per heavy atom. The summed E-state index contributed by atoms with van der Waals surface area (Å²) in [5.74, 6) is 2.20. The Morgan fingerprint density at radius 2 is 1.20 bits per heavy atom. The third-order valence-electron chi connectivity index (χ3n) is 14.3. The Labute approximate surface area is 370 Å². The van der Waals surface area contributed by atoms with Crippen molar-refractivity contribution in [2.75, 3.05) is 0 Å². The van der Waals surface area contributed by atoms with Gasteiger partial charge in [-0.1, -0.05) is 103 Å². The fourth-order valence-electron chi connectivity index (χ4n) is 11.4. The Bertz CT molecular complexity index is 3810. The minimum absolute atomic E-state index is 0.105. The number of hydrogen-bond acceptors (Lipinski definition) is 2. The number of para-hydroxylation sites is 3. The van der Waals surface area contributed by atoms with Crippen LogP contribution in [-0.4, -0.2) is 9.13 Å². The van der Waals surface area contributed by atoms with E-state index in [9.17, 15) is 0 Å². The zero-order valence-corrected chi connectivity index (χ0v) is 35.2. The van der Waals surface area contributed by atoms with Crippen molar-refractivity contribution in [1.82, 2.24) is 9.13 Å². The van der Waals surface area contributed by atoms with Gasteiger partial charge in [0, 0.05) is 73.0 Å². The van der Waals surface area contributed by atoms with E-state index in [2.05, 4.69) is 197 Å². The topological polar surface area (TPSA) is 36.1 Å². The van der Waals surface area contributed by atoms with Gasteiger partial charge in [0.25, 0.3) is 0 Å². The fourth-order valence-corrected chi connectivity index (χ4v) is 11.4. The molecule has 3 aliphatic carbocycles. The van der Waals surface area contributed by atoms with Gasteiger partial charge in [-0.05, 0) is 138 Å². The minimum atomic E-state index is 0.105. The maximum atomic E-state index is 6.33. The lowest BCUT2D eigenvalue weighted by Crippen LogP contribution is -2.11. The number of nitrogens with zero attached hydrogens (tertiary/aromatic N) is 2. The summed E-state index contributed by atoms with van der Waals surface area (Å²) in [4.78, 5) is 0. The third-order valence-corrected chi connectivity index (χ3v) is 14.3. The summed E-state index contributed by atoms with van der Waals surface area (Å²) < 4.78 is 17.6. The number of aromatic nitrogens is 2. The van der Waals surface area contributed by atoms with E-state index in [0.717, 1.165) is 54.8 Å². The maximum absolute atomic E-state index is 6.33. The summed E-state index contributed by atoms with van der Waals surface area (Å²) in [5.41, 5.74) is 19.5. The van der Waals surface area contributed by atoms with Crippen molar-refractivity contribution >= 4 is 78.4 Å². The van der Waals surface area contributed by atoms with Crippen molar-refractivity contribution in [3.8, 4) is 22.5 Å². The van der Waals surface area contributed by atoms with E-state index < -0.39 is 0 Å². The number of benzene rings is 7. The molecule has 11 aromatic rings. The molecule has 0 radical (unpaired) electrons. The summed E-state index contributed by atoms with van der Waals surface area (Å²) in [6, 6.07) is 58.2. The molecule has 0 saturated carbocycles. The van der Waals surface area contributed by atoms with E-state index in [1.807, 2.05) is 0 Å². The van der Waals surface area contributed by atoms with Gasteiger partial charge >= 0.3 is 0 Å². The first kappa shape index (κ1) is 35.7. The van der Waals surface area contributed by atoms with Crippen LogP contribution in [0.1, 0.15) is 70.2 Å². The fraction of sp³-hybridized carbons (Fsp3) is 0.100. The molecule has 4 nitrogen and oxygen atoms in total. The highest BCUT2D eigenvalue weighted by molar-refractivity contribution is 6.13. The van der Waals surface area contributed by atoms with E-state index in [1.165, 1.54) is 105 Å². The van der Waals surface area contributed by atoms with Gasteiger partial charge < -0.3 is 18.0 Å². The van der Waals surface area contributed by atoms with Crippen LogP contribution < -0.4 is 0 Å². The molecule has 1 atom stereocenters. The molecule has 0 bridgehead atoms. The molecule has 4 aromatic heterocycles. The van der Waals surface area contributed by atoms with E-state index in [1.54, 1.807) is 0 Å². The molecule has 64 heavy (non-hydrogen) atoms. The Morgan fingerprint density at radius 1 is 0.484 bits per heavy atom. The van der Waals surface area contributed by atoms with Gasteiger partial charge in [-0.2, -0.15) is 0 Å². The smallest absolute Gasteiger partial charge is 0.135 e. The second-order valence-corrected chi connectivity index (χ2v) is 17.7. The number of furan rings is 2. The number of fused-ring (bicyclic) bond motifs is 12. The average Bonchev–Trinajstić information content (AvgIpc) is 4.11. The van der Waals surface area contributed by atoms with Crippen molar-refractivity contribution in [3.63, 3.8) is 0 Å². The number of allylic oxidation sites excluding steroid dienone is 3. The van der Waals surface area contributed by atoms with Crippen LogP contribution in [0.5, 0.6) is 0 Å². The van der Waals surface area contributed by atoms with E-state index in [0.29, 0.717) is 0 Å². The van der Waals surface area contributed by atoms with E-state index in [-0.39, 0.29) is 5.92 Å². The van der Waals surface area contributed by atoms with Gasteiger partial charge in [0.05, 0.1) is 16.6 Å². The van der Waals surface area contributed by atoms with Crippen molar-refractivity contribution in [2.24, 2.45) is 0 Å². The molecule has 0 amide bonds. The van der Waals surface area contributed by atoms with Gasteiger partial charge in [0.15, 0.2) is 0 Å². The second kappa shape index (κ2) is 13.8. The molecular formula is C60H42N2O2. The molecule has 0 saturated heterocycles. The first-order valence-corrected chi connectivity index (χ1v) is 22.7. The molecule has 4 heteroatoms. The quantitative estimate of drug-likeness (QED) is 0.173. The standard InChI is InChI=1S/C60H42N2O2/c1-3-13-41(14-4-1)61-53-30-26-38(40-28-32-58-50(35-40)44-18-8-10-24-56(44)64-58)36-51(53)59-45(19-12-22-54(59)61)46-20-11-21-47-48-33-37(25-29-52(48)62(60(46)47)42-15-5-2-6-16-42)39-27-31-57-49(34-39)43-17-7-9-23-55(43)63-57/h1-6,8-16,18-19,21-27,29-31,33-36,46H,7,17,20,28,32H2. The van der Waals surface area contributed by atoms with Crippen molar-refractivity contribution in [2.45, 2.75) is 38.0 Å². The monoisotopic (exact) mass is 822 g/mol. The molecule has 0 spiro atoms. The van der Waals surface area contributed by atoms with Gasteiger partial charge in [-0.3, -0.25) is 0 Å². The maximum Gasteiger partial charge on any atom is 0.135 e. The molecule has 3 aliphatic rings. The van der Waals surface area contributed by atoms with Crippen LogP contribution in [0, 0.1) is 0 Å². The number of aryl methyl sites for hydroxylation is 2. The minimum Gasteiger partial charge on any atom is -0.460 e. The predicted molar refractivity (Wildman–Crippen MR) is 265 cm³/mol. The van der Waals surface area contributed by atoms with Crippen LogP contribution in [-0.2, 0) is 12.8 Å². The third kappa shape index (κ3) is 5.29. The van der Waals surface area contributed by atoms with Crippen LogP contribution in [0.15, 0.2) is 179 Å². The summed E-state index contributed by atoms with van der Waals surface area (Å²) in [6.45, 7) is 0. The summed E-state index contributed by atoms with van der Waals surface area (Å²) >= 11 is 0. The predicted octanol–water partition coefficient (Wildman–Crippen LogP) is 15.9. The summed E-state index contributed by atoms with van der Waals surface area (Å²) in [6.07, 6.45) is 16.3. The molecule has 14 rings (SSSR count). The van der Waals surface area contributed by atoms with Crippen LogP contribution >= 0.6 is 0 Å². The summed E-state index contributed by atoms with van der Waals surface area (Å²) in [5, 5.41) is 6.29. The van der Waals surface area contributed by atoms with Crippen molar-refractivity contribution < 1.29 is 8.83 Å². The highest BCUT2D eigenvalue weighted by Gasteiger charge is 2.31. The lowest BCUT2D eigenvalue weighted by atomic mass is 9.83. The molecule has 4 heterocycles. The molecule has 0 aliphatic heterocycles. The van der Waals surface area contributed by atoms with Gasteiger partial charge in [0.1, 0.15) is 22.7 Å². The molecular weight excluding hydrogens is 781 g/mol. The van der Waals surface area contributed by atoms with Crippen LogP contribution in [0.4, 0.5) is 0 Å². The summed E-state index contributed by atoms with van der Waals surface area (Å²) in [7, 11) is 0.